The number of aryl methyl sites for hydroxylation is 1. The van der Waals surface area contributed by atoms with Crippen molar-refractivity contribution in [3.8, 4) is 0 Å². The normalized spacial score (nSPS) is 18.6. The van der Waals surface area contributed by atoms with E-state index in [4.69, 9.17) is 0 Å². The van der Waals surface area contributed by atoms with Gasteiger partial charge in [0.1, 0.15) is 5.82 Å². The van der Waals surface area contributed by atoms with Crippen molar-refractivity contribution in [1.82, 2.24) is 10.2 Å². The summed E-state index contributed by atoms with van der Waals surface area (Å²) < 4.78 is 13.4. The molecule has 0 aromatic heterocycles. The van der Waals surface area contributed by atoms with Crippen molar-refractivity contribution in [1.29, 1.82) is 0 Å². The first-order valence-electron chi connectivity index (χ1n) is 11.2. The number of likely N-dealkylation sites (tertiary alicyclic amines) is 1. The monoisotopic (exact) mass is 422 g/mol. The Morgan fingerprint density at radius 2 is 2.10 bits per heavy atom. The lowest BCUT2D eigenvalue weighted by Crippen LogP contribution is -2.41. The molecule has 2 heterocycles. The van der Waals surface area contributed by atoms with Crippen molar-refractivity contribution in [2.24, 2.45) is 4.99 Å². The molecule has 2 aliphatic heterocycles. The molecule has 0 radical (unpaired) electrons. The molecular formula is C25H31FN4O. The number of anilines is 1. The van der Waals surface area contributed by atoms with Gasteiger partial charge in [-0.3, -0.25) is 9.79 Å². The average molecular weight is 423 g/mol. The summed E-state index contributed by atoms with van der Waals surface area (Å²) in [6.45, 7) is 3.36. The van der Waals surface area contributed by atoms with Gasteiger partial charge in [-0.1, -0.05) is 30.3 Å². The molecule has 5 nitrogen and oxygen atoms in total. The number of para-hydroxylation sites is 1. The third-order valence-electron chi connectivity index (χ3n) is 6.27. The van der Waals surface area contributed by atoms with E-state index < -0.39 is 0 Å². The van der Waals surface area contributed by atoms with Gasteiger partial charge in [-0.25, -0.2) is 4.39 Å². The van der Waals surface area contributed by atoms with Gasteiger partial charge in [-0.15, -0.1) is 0 Å². The Balaban J connectivity index is 1.35. The zero-order valence-electron chi connectivity index (χ0n) is 18.2. The Kier molecular flexibility index (Phi) is 6.85. The van der Waals surface area contributed by atoms with Gasteiger partial charge in [-0.2, -0.15) is 0 Å². The lowest BCUT2D eigenvalue weighted by atomic mass is 9.98. The van der Waals surface area contributed by atoms with Gasteiger partial charge in [0.05, 0.1) is 0 Å². The first-order valence-corrected chi connectivity index (χ1v) is 11.2. The molecule has 1 unspecified atom stereocenters. The van der Waals surface area contributed by atoms with E-state index in [0.717, 1.165) is 63.4 Å². The lowest BCUT2D eigenvalue weighted by molar-refractivity contribution is -0.127. The van der Waals surface area contributed by atoms with Crippen LogP contribution < -0.4 is 10.2 Å². The summed E-state index contributed by atoms with van der Waals surface area (Å²) >= 11 is 0. The molecular weight excluding hydrogens is 391 g/mol. The van der Waals surface area contributed by atoms with Gasteiger partial charge in [0.2, 0.25) is 5.91 Å². The Morgan fingerprint density at radius 3 is 2.87 bits per heavy atom. The smallest absolute Gasteiger partial charge is 0.222 e. The topological polar surface area (TPSA) is 47.9 Å². The maximum Gasteiger partial charge on any atom is 0.222 e. The van der Waals surface area contributed by atoms with Gasteiger partial charge < -0.3 is 15.1 Å². The van der Waals surface area contributed by atoms with E-state index in [9.17, 15) is 9.18 Å². The van der Waals surface area contributed by atoms with Crippen LogP contribution in [0.4, 0.5) is 10.1 Å². The molecule has 1 saturated heterocycles. The number of nitrogens with zero attached hydrogens (tertiary/aromatic N) is 3. The Bertz CT molecular complexity index is 945. The number of guanidine groups is 1. The van der Waals surface area contributed by atoms with E-state index >= 15 is 0 Å². The molecule has 2 aromatic rings. The highest BCUT2D eigenvalue weighted by Gasteiger charge is 2.31. The second-order valence-electron chi connectivity index (χ2n) is 8.35. The highest BCUT2D eigenvalue weighted by molar-refractivity contribution is 5.98. The largest absolute Gasteiger partial charge is 0.356 e. The van der Waals surface area contributed by atoms with E-state index in [2.05, 4.69) is 39.5 Å². The zero-order valence-corrected chi connectivity index (χ0v) is 18.2. The van der Waals surface area contributed by atoms with E-state index in [-0.39, 0.29) is 5.82 Å². The molecule has 0 saturated carbocycles. The number of hydrogen-bond acceptors (Lipinski definition) is 2. The number of rotatable bonds is 7. The Morgan fingerprint density at radius 1 is 1.23 bits per heavy atom. The fourth-order valence-corrected chi connectivity index (χ4v) is 4.68. The number of carbonyl (C=O) groups is 1. The first kappa shape index (κ1) is 21.3. The molecule has 6 heteroatoms. The van der Waals surface area contributed by atoms with Crippen LogP contribution in [0.1, 0.15) is 42.7 Å². The van der Waals surface area contributed by atoms with E-state index in [1.54, 1.807) is 12.1 Å². The van der Waals surface area contributed by atoms with Gasteiger partial charge in [0.25, 0.3) is 0 Å². The van der Waals surface area contributed by atoms with Crippen molar-refractivity contribution >= 4 is 17.6 Å². The second kappa shape index (κ2) is 9.94. The lowest BCUT2D eigenvalue weighted by Gasteiger charge is -2.23. The molecule has 1 atom stereocenters. The molecule has 0 spiro atoms. The second-order valence-corrected chi connectivity index (χ2v) is 8.35. The average Bonchev–Trinajstić information content (AvgIpc) is 3.36. The number of carbonyl (C=O) groups excluding carboxylic acids is 1. The maximum atomic E-state index is 13.4. The number of nitrogens with one attached hydrogen (secondary N) is 1. The molecule has 0 aliphatic carbocycles. The van der Waals surface area contributed by atoms with Gasteiger partial charge in [0, 0.05) is 51.3 Å². The minimum absolute atomic E-state index is 0.184. The molecule has 4 rings (SSSR count). The van der Waals surface area contributed by atoms with Crippen molar-refractivity contribution in [3.63, 3.8) is 0 Å². The van der Waals surface area contributed by atoms with Crippen LogP contribution in [0.15, 0.2) is 53.5 Å². The van der Waals surface area contributed by atoms with Gasteiger partial charge in [0.15, 0.2) is 5.96 Å². The SMILES string of the molecule is CN=C(NCCCc1cccc(F)c1)N1CC(CCN2CCCC2=O)c2ccccc21. The molecule has 164 valence electrons. The quantitative estimate of drug-likeness (QED) is 0.418. The van der Waals surface area contributed by atoms with Crippen LogP contribution in [0.3, 0.4) is 0 Å². The van der Waals surface area contributed by atoms with E-state index in [1.165, 1.54) is 17.3 Å². The summed E-state index contributed by atoms with van der Waals surface area (Å²) in [5.41, 5.74) is 3.54. The number of benzene rings is 2. The highest BCUT2D eigenvalue weighted by Crippen LogP contribution is 2.38. The van der Waals surface area contributed by atoms with Crippen LogP contribution in [0, 0.1) is 5.82 Å². The molecule has 31 heavy (non-hydrogen) atoms. The van der Waals surface area contributed by atoms with Crippen molar-refractivity contribution < 1.29 is 9.18 Å². The van der Waals surface area contributed by atoms with Crippen LogP contribution in [-0.2, 0) is 11.2 Å². The minimum atomic E-state index is -0.184. The molecule has 2 aliphatic rings. The van der Waals surface area contributed by atoms with Crippen LogP contribution >= 0.6 is 0 Å². The molecule has 0 bridgehead atoms. The summed E-state index contributed by atoms with van der Waals surface area (Å²) in [7, 11) is 1.81. The fourth-order valence-electron chi connectivity index (χ4n) is 4.68. The Labute approximate surface area is 184 Å². The number of aliphatic imine (C=N–C) groups is 1. The standard InChI is InChI=1S/C25H31FN4O/c1-27-25(28-14-5-8-19-7-4-9-21(26)17-19)30-18-20(22-10-2-3-11-23(22)30)13-16-29-15-6-12-24(29)31/h2-4,7,9-11,17,20H,5-6,8,12-16,18H2,1H3,(H,27,28). The molecule has 1 amide bonds. The van der Waals surface area contributed by atoms with Gasteiger partial charge >= 0.3 is 0 Å². The van der Waals surface area contributed by atoms with Crippen molar-refractivity contribution in [3.05, 3.63) is 65.5 Å². The highest BCUT2D eigenvalue weighted by atomic mass is 19.1. The summed E-state index contributed by atoms with van der Waals surface area (Å²) in [6, 6.07) is 15.3. The van der Waals surface area contributed by atoms with E-state index in [0.29, 0.717) is 18.2 Å². The zero-order chi connectivity index (χ0) is 21.6. The number of amides is 1. The van der Waals surface area contributed by atoms with Gasteiger partial charge in [-0.05, 0) is 55.0 Å². The van der Waals surface area contributed by atoms with Crippen LogP contribution in [-0.4, -0.2) is 50.0 Å². The summed E-state index contributed by atoms with van der Waals surface area (Å²) in [4.78, 5) is 20.8. The summed E-state index contributed by atoms with van der Waals surface area (Å²) in [6.07, 6.45) is 4.37. The number of fused-ring (bicyclic) bond motifs is 1. The van der Waals surface area contributed by atoms with Crippen LogP contribution in [0.2, 0.25) is 0 Å². The third-order valence-corrected chi connectivity index (χ3v) is 6.27. The first-order chi connectivity index (χ1) is 15.2. The summed E-state index contributed by atoms with van der Waals surface area (Å²) in [5, 5.41) is 3.48. The van der Waals surface area contributed by atoms with Crippen molar-refractivity contribution in [2.75, 3.05) is 38.1 Å². The predicted octanol–water partition coefficient (Wildman–Crippen LogP) is 3.95. The summed E-state index contributed by atoms with van der Waals surface area (Å²) in [5.74, 6) is 1.36. The molecule has 1 fully saturated rings. The third kappa shape index (κ3) is 5.06. The fraction of sp³-hybridized carbons (Fsp3) is 0.440. The van der Waals surface area contributed by atoms with Crippen LogP contribution in [0.25, 0.3) is 0 Å². The number of halogens is 1. The van der Waals surface area contributed by atoms with Crippen molar-refractivity contribution in [2.45, 2.75) is 38.0 Å². The Hall–Kier alpha value is -2.89. The minimum Gasteiger partial charge on any atom is -0.356 e. The predicted molar refractivity (Wildman–Crippen MR) is 123 cm³/mol. The number of hydrogen-bond donors (Lipinski definition) is 1. The van der Waals surface area contributed by atoms with E-state index in [1.807, 2.05) is 18.0 Å². The molecule has 1 N–H and O–H groups in total. The molecule has 2 aromatic carbocycles. The van der Waals surface area contributed by atoms with Crippen LogP contribution in [0.5, 0.6) is 0 Å². The maximum absolute atomic E-state index is 13.4.